The zero-order valence-corrected chi connectivity index (χ0v) is 9.37. The van der Waals surface area contributed by atoms with Crippen molar-refractivity contribution in [1.82, 2.24) is 0 Å². The lowest BCUT2D eigenvalue weighted by Crippen LogP contribution is -2.29. The molecule has 0 aromatic carbocycles. The van der Waals surface area contributed by atoms with Gasteiger partial charge in [0.05, 0.1) is 12.2 Å². The van der Waals surface area contributed by atoms with Gasteiger partial charge >= 0.3 is 5.97 Å². The molecule has 0 bridgehead atoms. The smallest absolute Gasteiger partial charge is 0.334 e. The number of esters is 1. The highest BCUT2D eigenvalue weighted by atomic mass is 16.5. The molecular formula is C10H20O4. The van der Waals surface area contributed by atoms with Crippen molar-refractivity contribution < 1.29 is 19.4 Å². The fraction of sp³-hybridized carbons (Fsp3) is 0.900. The van der Waals surface area contributed by atoms with Crippen molar-refractivity contribution in [1.29, 1.82) is 0 Å². The first-order chi connectivity index (χ1) is 6.43. The maximum Gasteiger partial charge on any atom is 0.334 e. The molecule has 4 nitrogen and oxygen atoms in total. The van der Waals surface area contributed by atoms with Gasteiger partial charge in [0.1, 0.15) is 0 Å². The fourth-order valence-electron chi connectivity index (χ4n) is 0.943. The molecule has 0 saturated carbocycles. The summed E-state index contributed by atoms with van der Waals surface area (Å²) in [4.78, 5) is 11.0. The van der Waals surface area contributed by atoms with Crippen molar-refractivity contribution >= 4 is 5.97 Å². The Bertz CT molecular complexity index is 177. The van der Waals surface area contributed by atoms with Gasteiger partial charge in [-0.1, -0.05) is 0 Å². The molecule has 1 unspecified atom stereocenters. The molecule has 84 valence electrons. The second-order valence-corrected chi connectivity index (χ2v) is 3.77. The van der Waals surface area contributed by atoms with Gasteiger partial charge in [0, 0.05) is 7.11 Å². The van der Waals surface area contributed by atoms with Gasteiger partial charge in [-0.3, -0.25) is 0 Å². The molecule has 0 aliphatic heterocycles. The molecule has 0 aromatic heterocycles. The Morgan fingerprint density at radius 1 is 1.50 bits per heavy atom. The molecule has 0 heterocycles. The van der Waals surface area contributed by atoms with Crippen LogP contribution in [-0.2, 0) is 14.3 Å². The summed E-state index contributed by atoms with van der Waals surface area (Å²) in [6, 6.07) is 0. The average molecular weight is 204 g/mol. The normalized spacial score (nSPS) is 13.8. The Morgan fingerprint density at radius 2 is 2.07 bits per heavy atom. The topological polar surface area (TPSA) is 55.8 Å². The zero-order chi connectivity index (χ0) is 11.2. The van der Waals surface area contributed by atoms with E-state index in [1.54, 1.807) is 14.0 Å². The maximum atomic E-state index is 11.0. The van der Waals surface area contributed by atoms with Gasteiger partial charge in [-0.05, 0) is 33.6 Å². The Labute approximate surface area is 85.2 Å². The number of carbonyl (C=O) groups is 1. The van der Waals surface area contributed by atoms with Gasteiger partial charge in [0.25, 0.3) is 0 Å². The molecule has 1 N–H and O–H groups in total. The number of rotatable bonds is 6. The molecule has 14 heavy (non-hydrogen) atoms. The molecule has 0 radical (unpaired) electrons. The lowest BCUT2D eigenvalue weighted by atomic mass is 10.0. The van der Waals surface area contributed by atoms with Crippen LogP contribution >= 0.6 is 0 Å². The lowest BCUT2D eigenvalue weighted by molar-refractivity contribution is -0.153. The van der Waals surface area contributed by atoms with Gasteiger partial charge in [-0.2, -0.15) is 0 Å². The number of hydrogen-bond donors (Lipinski definition) is 1. The van der Waals surface area contributed by atoms with E-state index in [-0.39, 0.29) is 5.60 Å². The SMILES string of the molecule is CCOC(=O)C(O)CCC(C)(C)OC. The Balaban J connectivity index is 3.84. The van der Waals surface area contributed by atoms with Crippen molar-refractivity contribution in [3.63, 3.8) is 0 Å². The van der Waals surface area contributed by atoms with Gasteiger partial charge < -0.3 is 14.6 Å². The van der Waals surface area contributed by atoms with Gasteiger partial charge in [-0.15, -0.1) is 0 Å². The minimum Gasteiger partial charge on any atom is -0.464 e. The summed E-state index contributed by atoms with van der Waals surface area (Å²) in [6.07, 6.45) is -0.0623. The van der Waals surface area contributed by atoms with Crippen LogP contribution in [0.25, 0.3) is 0 Å². The average Bonchev–Trinajstić information content (AvgIpc) is 2.15. The van der Waals surface area contributed by atoms with E-state index in [2.05, 4.69) is 4.74 Å². The van der Waals surface area contributed by atoms with Crippen molar-refractivity contribution in [3.8, 4) is 0 Å². The van der Waals surface area contributed by atoms with Crippen LogP contribution in [0.4, 0.5) is 0 Å². The second kappa shape index (κ2) is 5.98. The second-order valence-electron chi connectivity index (χ2n) is 3.77. The summed E-state index contributed by atoms with van der Waals surface area (Å²) in [5.41, 5.74) is -0.312. The standard InChI is InChI=1S/C10H20O4/c1-5-14-9(12)8(11)6-7-10(2,3)13-4/h8,11H,5-7H2,1-4H3. The summed E-state index contributed by atoms with van der Waals surface area (Å²) in [5.74, 6) is -0.556. The lowest BCUT2D eigenvalue weighted by Gasteiger charge is -2.23. The van der Waals surface area contributed by atoms with Gasteiger partial charge in [-0.25, -0.2) is 4.79 Å². The van der Waals surface area contributed by atoms with Gasteiger partial charge in [0.15, 0.2) is 6.10 Å². The predicted octanol–water partition coefficient (Wildman–Crippen LogP) is 1.12. The van der Waals surface area contributed by atoms with Crippen LogP contribution in [0.1, 0.15) is 33.6 Å². The van der Waals surface area contributed by atoms with Crippen molar-refractivity contribution in [2.75, 3.05) is 13.7 Å². The van der Waals surface area contributed by atoms with Crippen LogP contribution in [0.5, 0.6) is 0 Å². The molecule has 1 atom stereocenters. The minimum absolute atomic E-state index is 0.295. The van der Waals surface area contributed by atoms with Crippen molar-refractivity contribution in [2.45, 2.75) is 45.3 Å². The highest BCUT2D eigenvalue weighted by molar-refractivity contribution is 5.74. The van der Waals surface area contributed by atoms with E-state index in [0.717, 1.165) is 0 Å². The Morgan fingerprint density at radius 3 is 2.50 bits per heavy atom. The summed E-state index contributed by atoms with van der Waals surface area (Å²) < 4.78 is 9.84. The van der Waals surface area contributed by atoms with E-state index in [4.69, 9.17) is 4.74 Å². The number of hydrogen-bond acceptors (Lipinski definition) is 4. The number of aliphatic hydroxyl groups is 1. The van der Waals surface area contributed by atoms with E-state index in [1.165, 1.54) is 0 Å². The fourth-order valence-corrected chi connectivity index (χ4v) is 0.943. The van der Waals surface area contributed by atoms with E-state index in [0.29, 0.717) is 19.4 Å². The third-order valence-electron chi connectivity index (χ3n) is 2.13. The first kappa shape index (κ1) is 13.4. The number of carbonyl (C=O) groups excluding carboxylic acids is 1. The van der Waals surface area contributed by atoms with Crippen LogP contribution in [0.15, 0.2) is 0 Å². The number of methoxy groups -OCH3 is 1. The molecule has 0 aromatic rings. The summed E-state index contributed by atoms with van der Waals surface area (Å²) in [6.45, 7) is 5.82. The zero-order valence-electron chi connectivity index (χ0n) is 9.37. The largest absolute Gasteiger partial charge is 0.464 e. The third-order valence-corrected chi connectivity index (χ3v) is 2.13. The molecular weight excluding hydrogens is 184 g/mol. The summed E-state index contributed by atoms with van der Waals surface area (Å²) in [5, 5.41) is 9.38. The predicted molar refractivity (Wildman–Crippen MR) is 53.0 cm³/mol. The van der Waals surface area contributed by atoms with Crippen LogP contribution in [-0.4, -0.2) is 36.5 Å². The molecule has 0 aliphatic carbocycles. The molecule has 0 amide bonds. The molecule has 4 heteroatoms. The van der Waals surface area contributed by atoms with Gasteiger partial charge in [0.2, 0.25) is 0 Å². The molecule has 0 aliphatic rings. The van der Waals surface area contributed by atoms with Crippen LogP contribution in [0.3, 0.4) is 0 Å². The quantitative estimate of drug-likeness (QED) is 0.659. The third kappa shape index (κ3) is 5.19. The highest BCUT2D eigenvalue weighted by Gasteiger charge is 2.22. The van der Waals surface area contributed by atoms with Crippen molar-refractivity contribution in [3.05, 3.63) is 0 Å². The summed E-state index contributed by atoms with van der Waals surface area (Å²) >= 11 is 0. The van der Waals surface area contributed by atoms with E-state index in [1.807, 2.05) is 13.8 Å². The molecule has 0 fully saturated rings. The number of ether oxygens (including phenoxy) is 2. The highest BCUT2D eigenvalue weighted by Crippen LogP contribution is 2.16. The molecule has 0 rings (SSSR count). The van der Waals surface area contributed by atoms with E-state index < -0.39 is 12.1 Å². The van der Waals surface area contributed by atoms with E-state index >= 15 is 0 Å². The molecule has 0 spiro atoms. The Hall–Kier alpha value is -0.610. The summed E-state index contributed by atoms with van der Waals surface area (Å²) in [7, 11) is 1.61. The first-order valence-electron chi connectivity index (χ1n) is 4.83. The monoisotopic (exact) mass is 204 g/mol. The minimum atomic E-state index is -1.04. The first-order valence-corrected chi connectivity index (χ1v) is 4.83. The Kier molecular flexibility index (Phi) is 5.72. The van der Waals surface area contributed by atoms with Crippen LogP contribution in [0, 0.1) is 0 Å². The number of aliphatic hydroxyl groups excluding tert-OH is 1. The van der Waals surface area contributed by atoms with Crippen LogP contribution in [0.2, 0.25) is 0 Å². The van der Waals surface area contributed by atoms with Crippen molar-refractivity contribution in [2.24, 2.45) is 0 Å². The maximum absolute atomic E-state index is 11.0. The molecule has 0 saturated heterocycles. The van der Waals surface area contributed by atoms with E-state index in [9.17, 15) is 9.90 Å². The van der Waals surface area contributed by atoms with Crippen LogP contribution < -0.4 is 0 Å².